The van der Waals surface area contributed by atoms with Crippen LogP contribution >= 0.6 is 0 Å². The van der Waals surface area contributed by atoms with Crippen molar-refractivity contribution in [3.8, 4) is 11.5 Å². The van der Waals surface area contributed by atoms with Crippen molar-refractivity contribution in [1.82, 2.24) is 4.58 Å². The summed E-state index contributed by atoms with van der Waals surface area (Å²) in [5, 5.41) is 2.56. The molecule has 0 unspecified atom stereocenters. The number of carbonyl (C=O) groups excluding carboxylic acids is 1. The van der Waals surface area contributed by atoms with Gasteiger partial charge in [0.2, 0.25) is 5.36 Å². The zero-order valence-corrected chi connectivity index (χ0v) is 23.0. The van der Waals surface area contributed by atoms with Gasteiger partial charge in [-0.05, 0) is 74.8 Å². The fourth-order valence-electron chi connectivity index (χ4n) is 7.96. The van der Waals surface area contributed by atoms with Crippen molar-refractivity contribution in [3.63, 3.8) is 0 Å². The first kappa shape index (κ1) is 23.3. The van der Waals surface area contributed by atoms with Gasteiger partial charge in [0, 0.05) is 59.1 Å². The van der Waals surface area contributed by atoms with Crippen LogP contribution < -0.4 is 24.8 Å². The van der Waals surface area contributed by atoms with Crippen molar-refractivity contribution in [2.24, 2.45) is 0 Å². The zero-order valence-electron chi connectivity index (χ0n) is 23.0. The molecule has 0 aliphatic carbocycles. The van der Waals surface area contributed by atoms with Gasteiger partial charge in [-0.3, -0.25) is 0 Å². The molecule has 0 radical (unpaired) electrons. The predicted octanol–water partition coefficient (Wildman–Crippen LogP) is 4.22. The SMILES string of the molecule is COC(=O)c1ccc(C)cc1C1=c2cc3c4c(c2Oc2c1cc1c5c2CCCN5CCC1)CCC[N+]=4CCC3. The first-order valence-electron chi connectivity index (χ1n) is 14.7. The zero-order chi connectivity index (χ0) is 26.2. The van der Waals surface area contributed by atoms with Gasteiger partial charge >= 0.3 is 5.97 Å². The van der Waals surface area contributed by atoms with E-state index < -0.39 is 0 Å². The number of fused-ring (bicyclic) bond motifs is 4. The van der Waals surface area contributed by atoms with E-state index in [-0.39, 0.29) is 5.97 Å². The monoisotopic (exact) mass is 519 g/mol. The topological polar surface area (TPSA) is 41.8 Å². The van der Waals surface area contributed by atoms with E-state index in [1.807, 2.05) is 12.1 Å². The number of rotatable bonds is 2. The molecule has 0 fully saturated rings. The molecule has 0 atom stereocenters. The van der Waals surface area contributed by atoms with Crippen LogP contribution in [-0.2, 0) is 30.4 Å². The molecular formula is C34H35N2O3+. The molecular weight excluding hydrogens is 484 g/mol. The summed E-state index contributed by atoms with van der Waals surface area (Å²) in [6, 6.07) is 10.9. The summed E-state index contributed by atoms with van der Waals surface area (Å²) >= 11 is 0. The van der Waals surface area contributed by atoms with Crippen molar-refractivity contribution >= 4 is 17.2 Å². The maximum absolute atomic E-state index is 13.1. The Morgan fingerprint density at radius 3 is 2.49 bits per heavy atom. The lowest BCUT2D eigenvalue weighted by atomic mass is 9.81. The summed E-state index contributed by atoms with van der Waals surface area (Å²) in [7, 11) is 1.48. The lowest BCUT2D eigenvalue weighted by Crippen LogP contribution is -2.45. The molecule has 5 nitrogen and oxygen atoms in total. The number of benzene rings is 3. The van der Waals surface area contributed by atoms with E-state index in [0.29, 0.717) is 5.56 Å². The second-order valence-corrected chi connectivity index (χ2v) is 11.9. The quantitative estimate of drug-likeness (QED) is 0.294. The Morgan fingerprint density at radius 2 is 1.64 bits per heavy atom. The number of carbonyl (C=O) groups is 1. The summed E-state index contributed by atoms with van der Waals surface area (Å²) < 4.78 is 15.0. The third-order valence-electron chi connectivity index (χ3n) is 9.54. The van der Waals surface area contributed by atoms with Gasteiger partial charge in [0.05, 0.1) is 18.2 Å². The third kappa shape index (κ3) is 3.38. The number of hydrogen-bond acceptors (Lipinski definition) is 4. The summed E-state index contributed by atoms with van der Waals surface area (Å²) in [5.74, 6) is 1.75. The minimum Gasteiger partial charge on any atom is -0.465 e. The molecule has 0 saturated heterocycles. The maximum Gasteiger partial charge on any atom is 0.338 e. The highest BCUT2D eigenvalue weighted by Gasteiger charge is 2.36. The number of aryl methyl sites for hydroxylation is 3. The van der Waals surface area contributed by atoms with Crippen LogP contribution in [0.25, 0.3) is 5.57 Å². The highest BCUT2D eigenvalue weighted by molar-refractivity contribution is 6.00. The highest BCUT2D eigenvalue weighted by Crippen LogP contribution is 2.48. The van der Waals surface area contributed by atoms with E-state index in [2.05, 4.69) is 34.6 Å². The first-order chi connectivity index (χ1) is 19.1. The van der Waals surface area contributed by atoms with Crippen LogP contribution in [-0.4, -0.2) is 39.3 Å². The second-order valence-electron chi connectivity index (χ2n) is 11.9. The molecule has 0 N–H and O–H groups in total. The molecule has 198 valence electrons. The highest BCUT2D eigenvalue weighted by atomic mass is 16.5. The average Bonchev–Trinajstić information content (AvgIpc) is 2.96. The third-order valence-corrected chi connectivity index (χ3v) is 9.54. The summed E-state index contributed by atoms with van der Waals surface area (Å²) in [5.41, 5.74) is 12.0. The number of ether oxygens (including phenoxy) is 2. The van der Waals surface area contributed by atoms with Crippen LogP contribution in [0.5, 0.6) is 11.5 Å². The Bertz CT molecular complexity index is 1710. The normalized spacial score (nSPS) is 18.5. The van der Waals surface area contributed by atoms with Crippen molar-refractivity contribution in [3.05, 3.63) is 85.4 Å². The molecule has 3 aromatic rings. The van der Waals surface area contributed by atoms with Crippen molar-refractivity contribution < 1.29 is 14.3 Å². The lowest BCUT2D eigenvalue weighted by molar-refractivity contribution is 0.0600. The predicted molar refractivity (Wildman–Crippen MR) is 153 cm³/mol. The fourth-order valence-corrected chi connectivity index (χ4v) is 7.96. The molecule has 5 aliphatic rings. The van der Waals surface area contributed by atoms with Gasteiger partial charge in [-0.15, -0.1) is 0 Å². The van der Waals surface area contributed by atoms with Crippen LogP contribution in [0, 0.1) is 6.92 Å². The minimum atomic E-state index is -0.289. The van der Waals surface area contributed by atoms with E-state index >= 15 is 0 Å². The van der Waals surface area contributed by atoms with E-state index in [1.165, 1.54) is 53.2 Å². The molecule has 39 heavy (non-hydrogen) atoms. The van der Waals surface area contributed by atoms with Crippen molar-refractivity contribution in [1.29, 1.82) is 0 Å². The summed E-state index contributed by atoms with van der Waals surface area (Å²) in [6.07, 6.45) is 8.92. The average molecular weight is 520 g/mol. The lowest BCUT2D eigenvalue weighted by Gasteiger charge is -2.39. The molecule has 0 amide bonds. The standard InChI is InChI=1S/C34H35N2O3/c1-20-11-12-23(34(37)38-2)26(17-20)29-27-18-21-7-3-13-35-15-5-9-24(30(21)35)32(27)39-33-25-10-6-16-36-14-4-8-22(31(25)36)19-28(29)33/h11-12,17-19H,3-10,13-16H2,1-2H3/q+1. The number of nitrogens with zero attached hydrogens (tertiary/aromatic N) is 2. The van der Waals surface area contributed by atoms with E-state index in [1.54, 1.807) is 0 Å². The molecule has 0 saturated carbocycles. The van der Waals surface area contributed by atoms with Gasteiger partial charge in [0.25, 0.3) is 0 Å². The van der Waals surface area contributed by atoms with Crippen LogP contribution in [0.1, 0.15) is 75.0 Å². The van der Waals surface area contributed by atoms with E-state index in [4.69, 9.17) is 9.47 Å². The number of hydrogen-bond donors (Lipinski definition) is 0. The first-order valence-corrected chi connectivity index (χ1v) is 14.7. The van der Waals surface area contributed by atoms with Crippen LogP contribution in [0.15, 0.2) is 30.3 Å². The van der Waals surface area contributed by atoms with Gasteiger partial charge in [-0.25, -0.2) is 9.37 Å². The van der Waals surface area contributed by atoms with Gasteiger partial charge in [-0.1, -0.05) is 17.7 Å². The Balaban J connectivity index is 1.54. The Kier molecular flexibility index (Phi) is 5.20. The summed E-state index contributed by atoms with van der Waals surface area (Å²) in [6.45, 7) is 6.62. The van der Waals surface area contributed by atoms with Gasteiger partial charge in [0.15, 0.2) is 0 Å². The summed E-state index contributed by atoms with van der Waals surface area (Å²) in [4.78, 5) is 15.7. The fraction of sp³-hybridized carbons (Fsp3) is 0.412. The van der Waals surface area contributed by atoms with Gasteiger partial charge in [-0.2, -0.15) is 0 Å². The Morgan fingerprint density at radius 1 is 0.872 bits per heavy atom. The molecule has 5 aliphatic heterocycles. The number of methoxy groups -OCH3 is 1. The van der Waals surface area contributed by atoms with Crippen molar-refractivity contribution in [2.75, 3.05) is 38.2 Å². The van der Waals surface area contributed by atoms with Crippen LogP contribution in [0.4, 0.5) is 5.69 Å². The minimum absolute atomic E-state index is 0.289. The van der Waals surface area contributed by atoms with Crippen molar-refractivity contribution in [2.45, 2.75) is 58.3 Å². The second kappa shape index (κ2) is 8.70. The van der Waals surface area contributed by atoms with Gasteiger partial charge in [0.1, 0.15) is 24.6 Å². The van der Waals surface area contributed by atoms with Crippen LogP contribution in [0.3, 0.4) is 0 Å². The molecule has 0 bridgehead atoms. The van der Waals surface area contributed by atoms with Crippen LogP contribution in [0.2, 0.25) is 0 Å². The molecule has 3 aromatic carbocycles. The van der Waals surface area contributed by atoms with Gasteiger partial charge < -0.3 is 14.4 Å². The maximum atomic E-state index is 13.1. The number of esters is 1. The molecule has 5 heterocycles. The molecule has 8 rings (SSSR count). The van der Waals surface area contributed by atoms with E-state index in [9.17, 15) is 4.79 Å². The van der Waals surface area contributed by atoms with E-state index in [0.717, 1.165) is 104 Å². The molecule has 5 heteroatoms. The molecule has 0 spiro atoms. The Labute approximate surface area is 229 Å². The molecule has 0 aromatic heterocycles. The largest absolute Gasteiger partial charge is 0.465 e. The Hall–Kier alpha value is -3.60. The smallest absolute Gasteiger partial charge is 0.338 e. The number of anilines is 1.